The predicted molar refractivity (Wildman–Crippen MR) is 110 cm³/mol. The van der Waals surface area contributed by atoms with Gasteiger partial charge in [0, 0.05) is 17.6 Å². The van der Waals surface area contributed by atoms with Gasteiger partial charge in [0.1, 0.15) is 13.4 Å². The topological polar surface area (TPSA) is 75.8 Å². The van der Waals surface area contributed by atoms with Crippen molar-refractivity contribution in [1.29, 1.82) is 0 Å². The quantitative estimate of drug-likeness (QED) is 0.638. The van der Waals surface area contributed by atoms with Gasteiger partial charge in [-0.1, -0.05) is 47.9 Å². The Morgan fingerprint density at radius 1 is 1.21 bits per heavy atom. The number of aliphatic hydroxyl groups excluding tert-OH is 1. The highest BCUT2D eigenvalue weighted by molar-refractivity contribution is 6.35. The second-order valence-corrected chi connectivity index (χ2v) is 8.31. The van der Waals surface area contributed by atoms with Gasteiger partial charge in [0.2, 0.25) is 0 Å². The Hall–Kier alpha value is -2.47. The number of ether oxygens (including phenoxy) is 1. The normalized spacial score (nSPS) is 27.2. The molecule has 4 atom stereocenters. The lowest BCUT2D eigenvalue weighted by Crippen LogP contribution is -2.58. The summed E-state index contributed by atoms with van der Waals surface area (Å²) in [6.07, 6.45) is 0.388. The van der Waals surface area contributed by atoms with Crippen molar-refractivity contribution in [1.82, 2.24) is 4.90 Å². The van der Waals surface area contributed by atoms with Crippen LogP contribution in [0.4, 0.5) is 10.5 Å². The van der Waals surface area contributed by atoms with Gasteiger partial charge in [0.15, 0.2) is 0 Å². The smallest absolute Gasteiger partial charge is 0.410 e. The van der Waals surface area contributed by atoms with Gasteiger partial charge >= 0.3 is 6.09 Å². The third-order valence-electron chi connectivity index (χ3n) is 6.14. The molecule has 2 aliphatic rings. The summed E-state index contributed by atoms with van der Waals surface area (Å²) in [5, 5.41) is 11.0. The molecule has 2 aliphatic heterocycles. The average molecular weight is 376 g/mol. The van der Waals surface area contributed by atoms with Gasteiger partial charge < -0.3 is 15.6 Å². The zero-order valence-corrected chi connectivity index (χ0v) is 16.2. The molecule has 1 amide bonds. The maximum Gasteiger partial charge on any atom is 0.410 e. The van der Waals surface area contributed by atoms with Gasteiger partial charge in [-0.15, -0.1) is 0 Å². The van der Waals surface area contributed by atoms with Gasteiger partial charge in [-0.05, 0) is 43.9 Å². The Bertz CT molecular complexity index is 887. The molecular formula is C22H25BN2O3. The first-order chi connectivity index (χ1) is 13.3. The largest absolute Gasteiger partial charge is 0.443 e. The molecule has 0 bridgehead atoms. The number of amides is 1. The van der Waals surface area contributed by atoms with E-state index in [4.69, 9.17) is 18.3 Å². The van der Waals surface area contributed by atoms with Crippen molar-refractivity contribution in [3.8, 4) is 0 Å². The van der Waals surface area contributed by atoms with Crippen molar-refractivity contribution in [2.45, 2.75) is 56.4 Å². The van der Waals surface area contributed by atoms with E-state index in [2.05, 4.69) is 0 Å². The van der Waals surface area contributed by atoms with E-state index in [0.717, 1.165) is 17.5 Å². The average Bonchev–Trinajstić information content (AvgIpc) is 3.09. The number of aliphatic hydroxyl groups is 1. The third-order valence-corrected chi connectivity index (χ3v) is 6.14. The van der Waals surface area contributed by atoms with Crippen LogP contribution < -0.4 is 11.2 Å². The van der Waals surface area contributed by atoms with Crippen LogP contribution in [-0.4, -0.2) is 41.6 Å². The molecule has 2 heterocycles. The van der Waals surface area contributed by atoms with Crippen molar-refractivity contribution < 1.29 is 14.6 Å². The lowest BCUT2D eigenvalue weighted by Gasteiger charge is -2.48. The molecule has 3 N–H and O–H groups in total. The fourth-order valence-electron chi connectivity index (χ4n) is 4.86. The number of anilines is 1. The van der Waals surface area contributed by atoms with Crippen molar-refractivity contribution in [2.75, 3.05) is 5.73 Å². The summed E-state index contributed by atoms with van der Waals surface area (Å²) in [5.74, 6) is -0.0685. The van der Waals surface area contributed by atoms with Crippen molar-refractivity contribution >= 4 is 25.1 Å². The van der Waals surface area contributed by atoms with Crippen LogP contribution in [-0.2, 0) is 4.74 Å². The molecule has 2 fully saturated rings. The first kappa shape index (κ1) is 18.9. The van der Waals surface area contributed by atoms with Crippen LogP contribution in [0.25, 0.3) is 0 Å². The summed E-state index contributed by atoms with van der Waals surface area (Å²) in [5.41, 5.74) is 8.06. The highest BCUT2D eigenvalue weighted by atomic mass is 16.6. The van der Waals surface area contributed by atoms with E-state index in [9.17, 15) is 9.90 Å². The Labute approximate surface area is 166 Å². The Morgan fingerprint density at radius 2 is 1.93 bits per heavy atom. The van der Waals surface area contributed by atoms with Gasteiger partial charge in [-0.25, -0.2) is 4.79 Å². The van der Waals surface area contributed by atoms with Crippen LogP contribution in [0.2, 0.25) is 0 Å². The van der Waals surface area contributed by atoms with Crippen molar-refractivity contribution in [2.24, 2.45) is 0 Å². The summed E-state index contributed by atoms with van der Waals surface area (Å²) in [6, 6.07) is 14.7. The van der Waals surface area contributed by atoms with Gasteiger partial charge in [0.05, 0.1) is 12.1 Å². The van der Waals surface area contributed by atoms with E-state index < -0.39 is 11.7 Å². The number of carbonyl (C=O) groups is 1. The van der Waals surface area contributed by atoms with Crippen LogP contribution in [0.1, 0.15) is 49.8 Å². The number of benzene rings is 2. The molecule has 0 spiro atoms. The molecule has 0 aliphatic carbocycles. The zero-order valence-electron chi connectivity index (χ0n) is 16.2. The van der Waals surface area contributed by atoms with Gasteiger partial charge in [-0.3, -0.25) is 4.90 Å². The molecule has 2 saturated heterocycles. The van der Waals surface area contributed by atoms with Crippen molar-refractivity contribution in [3.63, 3.8) is 0 Å². The zero-order chi connectivity index (χ0) is 20.1. The molecule has 0 aromatic heterocycles. The van der Waals surface area contributed by atoms with Crippen LogP contribution in [0, 0.1) is 0 Å². The van der Waals surface area contributed by atoms with E-state index in [1.54, 1.807) is 11.0 Å². The number of carbonyl (C=O) groups excluding carboxylic acids is 1. The predicted octanol–water partition coefficient (Wildman–Crippen LogP) is 2.64. The molecule has 5 nitrogen and oxygen atoms in total. The molecule has 0 saturated carbocycles. The van der Waals surface area contributed by atoms with Crippen molar-refractivity contribution in [3.05, 3.63) is 59.7 Å². The van der Waals surface area contributed by atoms with E-state index >= 15 is 0 Å². The van der Waals surface area contributed by atoms with Gasteiger partial charge in [-0.2, -0.15) is 0 Å². The molecule has 28 heavy (non-hydrogen) atoms. The monoisotopic (exact) mass is 376 g/mol. The molecular weight excluding hydrogens is 351 g/mol. The Kier molecular flexibility index (Phi) is 4.62. The minimum Gasteiger partial charge on any atom is -0.443 e. The summed E-state index contributed by atoms with van der Waals surface area (Å²) in [7, 11) is 6.05. The fraction of sp³-hybridized carbons (Fsp3) is 0.409. The lowest BCUT2D eigenvalue weighted by atomic mass is 9.75. The maximum atomic E-state index is 12.9. The second-order valence-electron chi connectivity index (χ2n) is 8.31. The number of fused-ring (bicyclic) bond motifs is 1. The minimum atomic E-state index is -0.753. The molecule has 6 heteroatoms. The summed E-state index contributed by atoms with van der Waals surface area (Å²) in [6.45, 7) is 3.86. The number of cyclic esters (lactones) is 1. The maximum absolute atomic E-state index is 12.9. The highest BCUT2D eigenvalue weighted by Crippen LogP contribution is 2.48. The SMILES string of the molecule is [B]c1cc(C2[C@@H]3CC[C@H]([C@H](O)c4ccccc4)N3C(=O)OC2(C)C)ccc1N. The fourth-order valence-corrected chi connectivity index (χ4v) is 4.86. The Morgan fingerprint density at radius 3 is 2.61 bits per heavy atom. The number of nitrogens with zero attached hydrogens (tertiary/aromatic N) is 1. The molecule has 4 rings (SSSR count). The van der Waals surface area contributed by atoms with E-state index in [1.807, 2.05) is 56.3 Å². The first-order valence-corrected chi connectivity index (χ1v) is 9.69. The third kappa shape index (κ3) is 3.06. The second kappa shape index (κ2) is 6.85. The number of nitrogens with two attached hydrogens (primary N) is 1. The summed E-state index contributed by atoms with van der Waals surface area (Å²) >= 11 is 0. The number of rotatable bonds is 3. The summed E-state index contributed by atoms with van der Waals surface area (Å²) in [4.78, 5) is 14.6. The minimum absolute atomic E-state index is 0.0670. The van der Waals surface area contributed by atoms with E-state index in [1.165, 1.54) is 0 Å². The molecule has 2 radical (unpaired) electrons. The molecule has 2 aromatic rings. The summed E-state index contributed by atoms with van der Waals surface area (Å²) < 4.78 is 5.84. The molecule has 1 unspecified atom stereocenters. The molecule has 2 aromatic carbocycles. The Balaban J connectivity index is 1.70. The van der Waals surface area contributed by atoms with Crippen LogP contribution >= 0.6 is 0 Å². The standard InChI is InChI=1S/C22H25BN2O3/c1-22(2)19(14-8-9-16(24)15(23)12-14)17-10-11-18(25(17)21(27)28-22)20(26)13-6-4-3-5-7-13/h3-9,12,17-20,26H,10-11,24H2,1-2H3/t17-,18+,19?,20+/m0/s1. The van der Waals surface area contributed by atoms with Gasteiger partial charge in [0.25, 0.3) is 0 Å². The number of nitrogen functional groups attached to an aromatic ring is 1. The van der Waals surface area contributed by atoms with Crippen LogP contribution in [0.3, 0.4) is 0 Å². The molecule has 144 valence electrons. The highest BCUT2D eigenvalue weighted by Gasteiger charge is 2.55. The van der Waals surface area contributed by atoms with E-state index in [0.29, 0.717) is 17.6 Å². The lowest BCUT2D eigenvalue weighted by molar-refractivity contribution is -0.0751. The first-order valence-electron chi connectivity index (χ1n) is 9.69. The van der Waals surface area contributed by atoms with Crippen LogP contribution in [0.15, 0.2) is 48.5 Å². The number of hydrogen-bond donors (Lipinski definition) is 2. The van der Waals surface area contributed by atoms with E-state index in [-0.39, 0.29) is 24.1 Å². The number of hydrogen-bond acceptors (Lipinski definition) is 4. The van der Waals surface area contributed by atoms with Crippen LogP contribution in [0.5, 0.6) is 0 Å².